The SMILES string of the molecule is Cc1cccc(CS(=O)(=O)c2ncc(CN(Cc3ccco3)C(=O)C3CCCC3)n2CC(C)C)c1. The molecule has 0 spiro atoms. The highest BCUT2D eigenvalue weighted by Crippen LogP contribution is 2.28. The Hall–Kier alpha value is -2.87. The molecule has 1 amide bonds. The van der Waals surface area contributed by atoms with E-state index in [1.807, 2.05) is 57.2 Å². The Bertz CT molecular complexity index is 1240. The van der Waals surface area contributed by atoms with Crippen molar-refractivity contribution >= 4 is 15.7 Å². The number of carbonyl (C=O) groups is 1. The van der Waals surface area contributed by atoms with Gasteiger partial charge in [-0.2, -0.15) is 0 Å². The topological polar surface area (TPSA) is 85.4 Å². The molecule has 0 N–H and O–H groups in total. The highest BCUT2D eigenvalue weighted by molar-refractivity contribution is 7.90. The Kier molecular flexibility index (Phi) is 7.79. The monoisotopic (exact) mass is 497 g/mol. The lowest BCUT2D eigenvalue weighted by molar-refractivity contribution is -0.137. The Balaban J connectivity index is 1.65. The molecule has 35 heavy (non-hydrogen) atoms. The number of aryl methyl sites for hydroxylation is 1. The third-order valence-electron chi connectivity index (χ3n) is 6.46. The molecule has 4 rings (SSSR count). The van der Waals surface area contributed by atoms with E-state index in [0.717, 1.165) is 42.5 Å². The molecular weight excluding hydrogens is 462 g/mol. The van der Waals surface area contributed by atoms with Crippen LogP contribution in [-0.2, 0) is 40.0 Å². The van der Waals surface area contributed by atoms with Crippen molar-refractivity contribution in [3.05, 3.63) is 71.4 Å². The molecule has 3 aromatic rings. The minimum atomic E-state index is -3.68. The zero-order chi connectivity index (χ0) is 25.0. The van der Waals surface area contributed by atoms with E-state index < -0.39 is 9.84 Å². The van der Waals surface area contributed by atoms with Crippen molar-refractivity contribution in [3.8, 4) is 0 Å². The zero-order valence-corrected chi connectivity index (χ0v) is 21.6. The van der Waals surface area contributed by atoms with Crippen LogP contribution in [0.15, 0.2) is 58.4 Å². The zero-order valence-electron chi connectivity index (χ0n) is 20.8. The molecular formula is C27H35N3O4S. The molecule has 188 valence electrons. The van der Waals surface area contributed by atoms with Crippen LogP contribution < -0.4 is 0 Å². The second-order valence-corrected chi connectivity index (χ2v) is 11.9. The third kappa shape index (κ3) is 6.23. The quantitative estimate of drug-likeness (QED) is 0.387. The molecule has 0 bridgehead atoms. The van der Waals surface area contributed by atoms with Gasteiger partial charge in [0.1, 0.15) is 5.76 Å². The van der Waals surface area contributed by atoms with Gasteiger partial charge in [-0.05, 0) is 43.4 Å². The third-order valence-corrected chi connectivity index (χ3v) is 8.06. The van der Waals surface area contributed by atoms with Gasteiger partial charge in [0.05, 0.1) is 37.0 Å². The number of benzene rings is 1. The molecule has 1 fully saturated rings. The Morgan fingerprint density at radius 1 is 1.17 bits per heavy atom. The average molecular weight is 498 g/mol. The number of hydrogen-bond acceptors (Lipinski definition) is 5. The maximum Gasteiger partial charge on any atom is 0.228 e. The van der Waals surface area contributed by atoms with E-state index in [-0.39, 0.29) is 35.2 Å². The number of carbonyl (C=O) groups excluding carboxylic acids is 1. The number of imidazole rings is 1. The van der Waals surface area contributed by atoms with Crippen LogP contribution in [0.4, 0.5) is 0 Å². The lowest BCUT2D eigenvalue weighted by atomic mass is 10.1. The molecule has 8 heteroatoms. The largest absolute Gasteiger partial charge is 0.467 e. The molecule has 1 aromatic carbocycles. The number of sulfone groups is 1. The van der Waals surface area contributed by atoms with Gasteiger partial charge >= 0.3 is 0 Å². The molecule has 0 atom stereocenters. The highest BCUT2D eigenvalue weighted by atomic mass is 32.2. The number of furan rings is 1. The van der Waals surface area contributed by atoms with Crippen molar-refractivity contribution in [1.82, 2.24) is 14.5 Å². The first-order valence-electron chi connectivity index (χ1n) is 12.4. The van der Waals surface area contributed by atoms with Crippen molar-refractivity contribution in [1.29, 1.82) is 0 Å². The summed E-state index contributed by atoms with van der Waals surface area (Å²) in [5, 5.41) is 0.0639. The molecule has 2 aromatic heterocycles. The molecule has 1 aliphatic rings. The lowest BCUT2D eigenvalue weighted by Crippen LogP contribution is -2.35. The smallest absolute Gasteiger partial charge is 0.228 e. The lowest BCUT2D eigenvalue weighted by Gasteiger charge is -2.26. The number of hydrogen-bond donors (Lipinski definition) is 0. The molecule has 0 radical (unpaired) electrons. The van der Waals surface area contributed by atoms with E-state index >= 15 is 0 Å². The van der Waals surface area contributed by atoms with E-state index in [4.69, 9.17) is 4.42 Å². The van der Waals surface area contributed by atoms with Gasteiger partial charge in [-0.1, -0.05) is 56.5 Å². The Morgan fingerprint density at radius 2 is 1.94 bits per heavy atom. The summed E-state index contributed by atoms with van der Waals surface area (Å²) < 4.78 is 34.2. The average Bonchev–Trinajstić information content (AvgIpc) is 3.55. The summed E-state index contributed by atoms with van der Waals surface area (Å²) >= 11 is 0. The molecule has 0 unspecified atom stereocenters. The number of nitrogens with zero attached hydrogens (tertiary/aromatic N) is 3. The maximum atomic E-state index is 13.4. The highest BCUT2D eigenvalue weighted by Gasteiger charge is 2.30. The van der Waals surface area contributed by atoms with Crippen LogP contribution in [0.25, 0.3) is 0 Å². The number of aromatic nitrogens is 2. The predicted octanol–water partition coefficient (Wildman–Crippen LogP) is 5.13. The number of amides is 1. The molecule has 1 saturated carbocycles. The number of rotatable bonds is 10. The van der Waals surface area contributed by atoms with Crippen molar-refractivity contribution < 1.29 is 17.6 Å². The summed E-state index contributed by atoms with van der Waals surface area (Å²) in [7, 11) is -3.68. The minimum absolute atomic E-state index is 0.0101. The fourth-order valence-electron chi connectivity index (χ4n) is 4.84. The minimum Gasteiger partial charge on any atom is -0.467 e. The first kappa shape index (κ1) is 25.2. The van der Waals surface area contributed by atoms with Crippen LogP contribution in [0.1, 0.15) is 62.1 Å². The first-order valence-corrected chi connectivity index (χ1v) is 14.0. The summed E-state index contributed by atoms with van der Waals surface area (Å²) in [5.74, 6) is 0.912. The maximum absolute atomic E-state index is 13.4. The fourth-order valence-corrected chi connectivity index (χ4v) is 6.33. The van der Waals surface area contributed by atoms with Crippen LogP contribution in [0.3, 0.4) is 0 Å². The van der Waals surface area contributed by atoms with Gasteiger partial charge in [-0.25, -0.2) is 13.4 Å². The summed E-state index contributed by atoms with van der Waals surface area (Å²) in [6, 6.07) is 11.2. The predicted molar refractivity (Wildman–Crippen MR) is 134 cm³/mol. The second-order valence-electron chi connectivity index (χ2n) is 10.0. The molecule has 7 nitrogen and oxygen atoms in total. The fraction of sp³-hybridized carbons (Fsp3) is 0.481. The van der Waals surface area contributed by atoms with Crippen molar-refractivity contribution in [2.24, 2.45) is 11.8 Å². The molecule has 1 aliphatic carbocycles. The molecule has 0 saturated heterocycles. The normalized spacial score (nSPS) is 14.6. The van der Waals surface area contributed by atoms with E-state index in [0.29, 0.717) is 18.8 Å². The van der Waals surface area contributed by atoms with Gasteiger partial charge in [0.15, 0.2) is 0 Å². The van der Waals surface area contributed by atoms with E-state index in [1.54, 1.807) is 21.9 Å². The van der Waals surface area contributed by atoms with Crippen molar-refractivity contribution in [2.45, 2.75) is 77.0 Å². The van der Waals surface area contributed by atoms with Gasteiger partial charge in [-0.3, -0.25) is 4.79 Å². The first-order chi connectivity index (χ1) is 16.7. The van der Waals surface area contributed by atoms with Gasteiger partial charge in [0.25, 0.3) is 0 Å². The van der Waals surface area contributed by atoms with Gasteiger partial charge in [-0.15, -0.1) is 0 Å². The van der Waals surface area contributed by atoms with Crippen LogP contribution in [0.5, 0.6) is 0 Å². The van der Waals surface area contributed by atoms with Gasteiger partial charge in [0, 0.05) is 12.5 Å². The Labute approximate surface area is 208 Å². The van der Waals surface area contributed by atoms with E-state index in [2.05, 4.69) is 4.98 Å². The van der Waals surface area contributed by atoms with Crippen LogP contribution in [0.2, 0.25) is 0 Å². The van der Waals surface area contributed by atoms with E-state index in [9.17, 15) is 13.2 Å². The summed E-state index contributed by atoms with van der Waals surface area (Å²) in [5.41, 5.74) is 2.48. The summed E-state index contributed by atoms with van der Waals surface area (Å²) in [4.78, 5) is 19.6. The Morgan fingerprint density at radius 3 is 2.60 bits per heavy atom. The van der Waals surface area contributed by atoms with Crippen LogP contribution in [0, 0.1) is 18.8 Å². The van der Waals surface area contributed by atoms with E-state index in [1.165, 1.54) is 0 Å². The van der Waals surface area contributed by atoms with Crippen molar-refractivity contribution in [2.75, 3.05) is 0 Å². The van der Waals surface area contributed by atoms with Crippen LogP contribution >= 0.6 is 0 Å². The van der Waals surface area contributed by atoms with Crippen molar-refractivity contribution in [3.63, 3.8) is 0 Å². The van der Waals surface area contributed by atoms with Gasteiger partial charge in [0.2, 0.25) is 20.9 Å². The standard InChI is InChI=1S/C27H35N3O4S/c1-20(2)16-30-24(15-28-27(30)35(32,33)19-22-9-6-8-21(3)14-22)17-29(18-25-12-7-13-34-25)26(31)23-10-4-5-11-23/h6-9,12-15,20,23H,4-5,10-11,16-19H2,1-3H3. The summed E-state index contributed by atoms with van der Waals surface area (Å²) in [6.07, 6.45) is 7.15. The van der Waals surface area contributed by atoms with Gasteiger partial charge < -0.3 is 13.9 Å². The molecule has 0 aliphatic heterocycles. The van der Waals surface area contributed by atoms with Crippen LogP contribution in [-0.4, -0.2) is 28.8 Å². The summed E-state index contributed by atoms with van der Waals surface area (Å²) in [6.45, 7) is 7.18. The second kappa shape index (κ2) is 10.8. The molecule has 2 heterocycles.